The summed E-state index contributed by atoms with van der Waals surface area (Å²) in [7, 11) is 0. The molecule has 2 heterocycles. The molecule has 0 saturated heterocycles. The second-order valence-electron chi connectivity index (χ2n) is 6.62. The van der Waals surface area contributed by atoms with Gasteiger partial charge in [0.15, 0.2) is 0 Å². The monoisotopic (exact) mass is 435 g/mol. The summed E-state index contributed by atoms with van der Waals surface area (Å²) in [6.07, 6.45) is 1.73. The average molecular weight is 436 g/mol. The van der Waals surface area contributed by atoms with Crippen molar-refractivity contribution in [3.05, 3.63) is 107 Å². The van der Waals surface area contributed by atoms with Crippen molar-refractivity contribution in [2.75, 3.05) is 0 Å². The minimum absolute atomic E-state index is 0. The minimum Gasteiger partial charge on any atom is -0.347 e. The summed E-state index contributed by atoms with van der Waals surface area (Å²) in [6, 6.07) is 21.9. The molecule has 0 aliphatic heterocycles. The second kappa shape index (κ2) is 11.7. The van der Waals surface area contributed by atoms with Gasteiger partial charge in [0, 0.05) is 12.7 Å². The van der Waals surface area contributed by atoms with E-state index < -0.39 is 0 Å². The van der Waals surface area contributed by atoms with E-state index in [1.165, 1.54) is 23.5 Å². The van der Waals surface area contributed by atoms with Crippen LogP contribution < -0.4 is 5.32 Å². The Kier molecular flexibility index (Phi) is 9.03. The van der Waals surface area contributed by atoms with Gasteiger partial charge in [-0.1, -0.05) is 55.5 Å². The molecule has 0 spiro atoms. The molecule has 0 atom stereocenters. The number of thiophene rings is 1. The first-order chi connectivity index (χ1) is 14.5. The van der Waals surface area contributed by atoms with Gasteiger partial charge < -0.3 is 5.32 Å². The van der Waals surface area contributed by atoms with Gasteiger partial charge in [0.05, 0.1) is 15.4 Å². The minimum atomic E-state index is -0.171. The number of hydrogen-bond donors (Lipinski definition) is 1. The number of nitrogens with zero attached hydrogens (tertiary/aromatic N) is 2. The number of carbonyl (C=O) groups excluding carboxylic acids is 1. The molecular weight excluding hydrogens is 409 g/mol. The molecule has 0 radical (unpaired) electrons. The van der Waals surface area contributed by atoms with Crippen molar-refractivity contribution < 1.29 is 9.18 Å². The number of rotatable bonds is 4. The zero-order chi connectivity index (χ0) is 21.3. The van der Waals surface area contributed by atoms with E-state index in [0.29, 0.717) is 11.4 Å². The Balaban J connectivity index is 0.000000322. The summed E-state index contributed by atoms with van der Waals surface area (Å²) in [6.45, 7) is 4.31. The van der Waals surface area contributed by atoms with Crippen molar-refractivity contribution in [1.82, 2.24) is 15.3 Å². The number of hydrogen-bond acceptors (Lipinski definition) is 4. The van der Waals surface area contributed by atoms with Crippen LogP contribution in [0.4, 0.5) is 4.39 Å². The Morgan fingerprint density at radius 3 is 2.32 bits per heavy atom. The topological polar surface area (TPSA) is 54.9 Å². The van der Waals surface area contributed by atoms with Crippen LogP contribution in [-0.2, 0) is 6.54 Å². The van der Waals surface area contributed by atoms with Gasteiger partial charge in [-0.3, -0.25) is 4.79 Å². The predicted molar refractivity (Wildman–Crippen MR) is 126 cm³/mol. The van der Waals surface area contributed by atoms with Crippen LogP contribution in [0.5, 0.6) is 0 Å². The maximum Gasteiger partial charge on any atom is 0.261 e. The highest BCUT2D eigenvalue weighted by molar-refractivity contribution is 7.17. The highest BCUT2D eigenvalue weighted by Crippen LogP contribution is 2.26. The second-order valence-corrected chi connectivity index (χ2v) is 7.70. The Bertz CT molecular complexity index is 1070. The molecule has 0 aliphatic carbocycles. The number of amides is 1. The summed E-state index contributed by atoms with van der Waals surface area (Å²) in [5.74, 6) is 0.488. The zero-order valence-corrected chi connectivity index (χ0v) is 17.6. The molecular formula is C25H26FN3OS. The van der Waals surface area contributed by atoms with Crippen molar-refractivity contribution >= 4 is 17.2 Å². The van der Waals surface area contributed by atoms with Crippen LogP contribution in [0.25, 0.3) is 10.6 Å². The van der Waals surface area contributed by atoms with Gasteiger partial charge in [0.25, 0.3) is 5.91 Å². The van der Waals surface area contributed by atoms with Crippen LogP contribution in [0.1, 0.15) is 34.0 Å². The molecule has 1 amide bonds. The third kappa shape index (κ3) is 7.42. The number of carbonyl (C=O) groups is 1. The number of nitrogens with one attached hydrogen (secondary N) is 1. The number of aryl methyl sites for hydroxylation is 2. The SMILES string of the molecule is C.Cc1ccc(F)cc1.Cc1nccc(-c2ccc(C(=O)NCc3ccccc3)s2)n1. The summed E-state index contributed by atoms with van der Waals surface area (Å²) < 4.78 is 12.1. The van der Waals surface area contributed by atoms with Crippen LogP contribution in [-0.4, -0.2) is 15.9 Å². The molecule has 2 aromatic heterocycles. The van der Waals surface area contributed by atoms with Crippen molar-refractivity contribution in [3.8, 4) is 10.6 Å². The van der Waals surface area contributed by atoms with Gasteiger partial charge in [0.1, 0.15) is 11.6 Å². The maximum absolute atomic E-state index is 12.2. The van der Waals surface area contributed by atoms with Crippen molar-refractivity contribution in [1.29, 1.82) is 0 Å². The van der Waals surface area contributed by atoms with Crippen molar-refractivity contribution in [2.45, 2.75) is 27.8 Å². The number of aromatic nitrogens is 2. The van der Waals surface area contributed by atoms with E-state index in [0.717, 1.165) is 27.5 Å². The quantitative estimate of drug-likeness (QED) is 0.414. The molecule has 0 fully saturated rings. The molecule has 31 heavy (non-hydrogen) atoms. The molecule has 1 N–H and O–H groups in total. The van der Waals surface area contributed by atoms with E-state index in [1.807, 2.05) is 62.4 Å². The molecule has 4 nitrogen and oxygen atoms in total. The smallest absolute Gasteiger partial charge is 0.261 e. The van der Waals surface area contributed by atoms with E-state index in [1.54, 1.807) is 18.3 Å². The Morgan fingerprint density at radius 1 is 0.968 bits per heavy atom. The first-order valence-electron chi connectivity index (χ1n) is 9.45. The molecule has 2 aromatic carbocycles. The summed E-state index contributed by atoms with van der Waals surface area (Å²) in [5, 5.41) is 2.93. The van der Waals surface area contributed by atoms with Crippen LogP contribution in [0.2, 0.25) is 0 Å². The normalized spacial score (nSPS) is 9.77. The molecule has 6 heteroatoms. The van der Waals surface area contributed by atoms with Gasteiger partial charge >= 0.3 is 0 Å². The lowest BCUT2D eigenvalue weighted by molar-refractivity contribution is 0.0955. The zero-order valence-electron chi connectivity index (χ0n) is 16.8. The van der Waals surface area contributed by atoms with Gasteiger partial charge in [-0.25, -0.2) is 14.4 Å². The van der Waals surface area contributed by atoms with Crippen LogP contribution in [0.15, 0.2) is 79.0 Å². The highest BCUT2D eigenvalue weighted by atomic mass is 32.1. The molecule has 160 valence electrons. The Hall–Kier alpha value is -3.38. The third-order valence-electron chi connectivity index (χ3n) is 4.17. The average Bonchev–Trinajstić information content (AvgIpc) is 3.26. The van der Waals surface area contributed by atoms with E-state index in [4.69, 9.17) is 0 Å². The molecule has 0 saturated carbocycles. The predicted octanol–water partition coefficient (Wildman–Crippen LogP) is 6.21. The first-order valence-corrected chi connectivity index (χ1v) is 10.3. The van der Waals surface area contributed by atoms with E-state index >= 15 is 0 Å². The lowest BCUT2D eigenvalue weighted by Gasteiger charge is -2.03. The standard InChI is InChI=1S/C17H15N3OS.C7H7F.CH4/c1-12-18-10-9-14(20-12)15-7-8-16(22-15)17(21)19-11-13-5-3-2-4-6-13;1-6-2-4-7(8)5-3-6;/h2-10H,11H2,1H3,(H,19,21);2-5H,1H3;1H4. The Labute approximate surface area is 186 Å². The molecule has 0 unspecified atom stereocenters. The fourth-order valence-electron chi connectivity index (χ4n) is 2.59. The number of benzene rings is 2. The fourth-order valence-corrected chi connectivity index (χ4v) is 3.48. The summed E-state index contributed by atoms with van der Waals surface area (Å²) >= 11 is 1.44. The lowest BCUT2D eigenvalue weighted by atomic mass is 10.2. The van der Waals surface area contributed by atoms with Crippen molar-refractivity contribution in [3.63, 3.8) is 0 Å². The highest BCUT2D eigenvalue weighted by Gasteiger charge is 2.11. The van der Waals surface area contributed by atoms with Crippen LogP contribution in [0, 0.1) is 19.7 Å². The van der Waals surface area contributed by atoms with E-state index in [-0.39, 0.29) is 19.2 Å². The van der Waals surface area contributed by atoms with Gasteiger partial charge in [-0.05, 0) is 49.7 Å². The van der Waals surface area contributed by atoms with Gasteiger partial charge in [-0.2, -0.15) is 0 Å². The van der Waals surface area contributed by atoms with Crippen molar-refractivity contribution in [2.24, 2.45) is 0 Å². The van der Waals surface area contributed by atoms with E-state index in [2.05, 4.69) is 15.3 Å². The molecule has 0 bridgehead atoms. The first kappa shape index (κ1) is 23.9. The van der Waals surface area contributed by atoms with Gasteiger partial charge in [-0.15, -0.1) is 11.3 Å². The fraction of sp³-hybridized carbons (Fsp3) is 0.160. The molecule has 4 rings (SSSR count). The largest absolute Gasteiger partial charge is 0.347 e. The summed E-state index contributed by atoms with van der Waals surface area (Å²) in [4.78, 5) is 22.3. The van der Waals surface area contributed by atoms with Crippen LogP contribution in [0.3, 0.4) is 0 Å². The third-order valence-corrected chi connectivity index (χ3v) is 5.27. The van der Waals surface area contributed by atoms with Crippen LogP contribution >= 0.6 is 11.3 Å². The lowest BCUT2D eigenvalue weighted by Crippen LogP contribution is -2.21. The Morgan fingerprint density at radius 2 is 1.68 bits per heavy atom. The summed E-state index contributed by atoms with van der Waals surface area (Å²) in [5.41, 5.74) is 3.02. The molecule has 4 aromatic rings. The molecule has 0 aliphatic rings. The van der Waals surface area contributed by atoms with Gasteiger partial charge in [0.2, 0.25) is 0 Å². The number of halogens is 1. The maximum atomic E-state index is 12.2. The van der Waals surface area contributed by atoms with E-state index in [9.17, 15) is 9.18 Å².